The molecule has 0 aromatic carbocycles. The molecule has 5 heteroatoms. The van der Waals surface area contributed by atoms with E-state index in [1.807, 2.05) is 0 Å². The van der Waals surface area contributed by atoms with Crippen LogP contribution >= 0.6 is 0 Å². The van der Waals surface area contributed by atoms with Gasteiger partial charge in [0.2, 0.25) is 0 Å². The molecule has 0 amide bonds. The minimum Gasteiger partial charge on any atom is -0.367 e. The molecule has 0 aromatic heterocycles. The van der Waals surface area contributed by atoms with Gasteiger partial charge in [0.05, 0.1) is 0 Å². The third-order valence-electron chi connectivity index (χ3n) is 1.13. The normalized spacial score (nSPS) is 10.9. The van der Waals surface area contributed by atoms with Crippen molar-refractivity contribution in [3.8, 4) is 0 Å². The van der Waals surface area contributed by atoms with Crippen LogP contribution in [0.15, 0.2) is 0 Å². The largest absolute Gasteiger partial charge is 0.367 e. The Labute approximate surface area is 66.6 Å². The van der Waals surface area contributed by atoms with Gasteiger partial charge >= 0.3 is 0 Å². The summed E-state index contributed by atoms with van der Waals surface area (Å²) in [5, 5.41) is 22.7. The van der Waals surface area contributed by atoms with Gasteiger partial charge in [-0.25, -0.2) is 0 Å². The monoisotopic (exact) mass is 163 g/mol. The average molecular weight is 163 g/mol. The topological polar surface area (TPSA) is 90.5 Å². The lowest BCUT2D eigenvalue weighted by molar-refractivity contribution is -0.0369. The van der Waals surface area contributed by atoms with E-state index in [0.29, 0.717) is 6.54 Å². The molecule has 0 aliphatic carbocycles. The van der Waals surface area contributed by atoms with Gasteiger partial charge in [-0.2, -0.15) is 0 Å². The highest BCUT2D eigenvalue weighted by atomic mass is 16.5. The Kier molecular flexibility index (Phi) is 7.76. The number of nitrogens with one attached hydrogen (secondary N) is 2. The Hall–Kier alpha value is -0.200. The summed E-state index contributed by atoms with van der Waals surface area (Å²) in [7, 11) is 0. The van der Waals surface area contributed by atoms with Crippen LogP contribution in [-0.4, -0.2) is 49.2 Å². The van der Waals surface area contributed by atoms with Gasteiger partial charge in [-0.3, -0.25) is 0 Å². The summed E-state index contributed by atoms with van der Waals surface area (Å²) in [4.78, 5) is 0. The summed E-state index contributed by atoms with van der Waals surface area (Å²) in [6.45, 7) is 3.15. The predicted molar refractivity (Wildman–Crippen MR) is 43.0 cm³/mol. The minimum atomic E-state index is -1.26. The first kappa shape index (κ1) is 10.8. The lowest BCUT2D eigenvalue weighted by Crippen LogP contribution is -2.34. The molecule has 0 saturated carbocycles. The molecule has 0 heterocycles. The van der Waals surface area contributed by atoms with E-state index in [9.17, 15) is 0 Å². The highest BCUT2D eigenvalue weighted by Gasteiger charge is 1.93. The van der Waals surface area contributed by atoms with Crippen LogP contribution in [0.3, 0.4) is 0 Å². The Morgan fingerprint density at radius 2 is 1.73 bits per heavy atom. The highest BCUT2D eigenvalue weighted by Crippen LogP contribution is 1.67. The van der Waals surface area contributed by atoms with Crippen molar-refractivity contribution in [2.24, 2.45) is 5.73 Å². The molecule has 6 N–H and O–H groups in total. The van der Waals surface area contributed by atoms with E-state index in [-0.39, 0.29) is 6.54 Å². The van der Waals surface area contributed by atoms with Gasteiger partial charge in [-0.05, 0) is 0 Å². The molecular weight excluding hydrogens is 146 g/mol. The number of rotatable bonds is 7. The summed E-state index contributed by atoms with van der Waals surface area (Å²) < 4.78 is 0. The quantitative estimate of drug-likeness (QED) is 0.210. The Morgan fingerprint density at radius 3 is 2.27 bits per heavy atom. The van der Waals surface area contributed by atoms with Crippen LogP contribution in [0, 0.1) is 0 Å². The fourth-order valence-corrected chi connectivity index (χ4v) is 0.635. The van der Waals surface area contributed by atoms with Crippen LogP contribution < -0.4 is 16.4 Å². The summed E-state index contributed by atoms with van der Waals surface area (Å²) >= 11 is 0. The summed E-state index contributed by atoms with van der Waals surface area (Å²) in [5.74, 6) is 0. The molecule has 0 unspecified atom stereocenters. The van der Waals surface area contributed by atoms with E-state index in [0.717, 1.165) is 19.6 Å². The van der Waals surface area contributed by atoms with E-state index in [2.05, 4.69) is 10.6 Å². The van der Waals surface area contributed by atoms with Gasteiger partial charge in [0, 0.05) is 32.7 Å². The summed E-state index contributed by atoms with van der Waals surface area (Å²) in [6, 6.07) is 0. The molecule has 11 heavy (non-hydrogen) atoms. The van der Waals surface area contributed by atoms with Gasteiger partial charge in [-0.1, -0.05) is 0 Å². The van der Waals surface area contributed by atoms with Gasteiger partial charge in [0.25, 0.3) is 0 Å². The molecule has 0 aromatic rings. The van der Waals surface area contributed by atoms with Gasteiger partial charge < -0.3 is 26.6 Å². The second-order valence-corrected chi connectivity index (χ2v) is 2.22. The summed E-state index contributed by atoms with van der Waals surface area (Å²) in [6.07, 6.45) is -1.26. The van der Waals surface area contributed by atoms with Crippen LogP contribution in [-0.2, 0) is 0 Å². The van der Waals surface area contributed by atoms with Crippen LogP contribution in [0.2, 0.25) is 0 Å². The molecule has 0 radical (unpaired) electrons. The first-order chi connectivity index (χ1) is 5.27. The molecule has 0 aliphatic rings. The van der Waals surface area contributed by atoms with Crippen molar-refractivity contribution in [1.82, 2.24) is 10.6 Å². The van der Waals surface area contributed by atoms with Crippen LogP contribution in [0.1, 0.15) is 0 Å². The number of hydrogen-bond acceptors (Lipinski definition) is 5. The number of aliphatic hydroxyl groups is 2. The van der Waals surface area contributed by atoms with Gasteiger partial charge in [0.15, 0.2) is 6.29 Å². The lowest BCUT2D eigenvalue weighted by Gasteiger charge is -2.06. The zero-order valence-electron chi connectivity index (χ0n) is 6.58. The first-order valence-corrected chi connectivity index (χ1v) is 3.75. The van der Waals surface area contributed by atoms with Crippen molar-refractivity contribution in [3.63, 3.8) is 0 Å². The molecule has 0 saturated heterocycles. The van der Waals surface area contributed by atoms with E-state index in [4.69, 9.17) is 15.9 Å². The zero-order chi connectivity index (χ0) is 8.53. The van der Waals surface area contributed by atoms with E-state index in [1.165, 1.54) is 0 Å². The average Bonchev–Trinajstić information content (AvgIpc) is 1.96. The lowest BCUT2D eigenvalue weighted by atomic mass is 10.5. The maximum absolute atomic E-state index is 8.41. The van der Waals surface area contributed by atoms with Crippen molar-refractivity contribution in [2.45, 2.75) is 6.29 Å². The van der Waals surface area contributed by atoms with E-state index in [1.54, 1.807) is 0 Å². The summed E-state index contributed by atoms with van der Waals surface area (Å²) in [5.41, 5.74) is 5.23. The van der Waals surface area contributed by atoms with Crippen molar-refractivity contribution in [3.05, 3.63) is 0 Å². The second-order valence-electron chi connectivity index (χ2n) is 2.22. The van der Waals surface area contributed by atoms with Crippen molar-refractivity contribution in [2.75, 3.05) is 32.7 Å². The minimum absolute atomic E-state index is 0.213. The molecule has 0 rings (SSSR count). The predicted octanol–water partition coefficient (Wildman–Crippen LogP) is -2.56. The smallest absolute Gasteiger partial charge is 0.164 e. The standard InChI is InChI=1S/C6H17N3O2/c7-1-2-8-3-4-9-5-6(10)11/h6,8-11H,1-5,7H2. The fourth-order valence-electron chi connectivity index (χ4n) is 0.635. The SMILES string of the molecule is NCCNCCNCC(O)O. The zero-order valence-corrected chi connectivity index (χ0v) is 6.58. The Morgan fingerprint density at radius 1 is 1.09 bits per heavy atom. The molecule has 0 aliphatic heterocycles. The van der Waals surface area contributed by atoms with Crippen molar-refractivity contribution < 1.29 is 10.2 Å². The fraction of sp³-hybridized carbons (Fsp3) is 1.00. The number of aliphatic hydroxyl groups excluding tert-OH is 1. The molecule has 68 valence electrons. The van der Waals surface area contributed by atoms with Crippen LogP contribution in [0.25, 0.3) is 0 Å². The maximum Gasteiger partial charge on any atom is 0.164 e. The van der Waals surface area contributed by atoms with Crippen molar-refractivity contribution in [1.29, 1.82) is 0 Å². The van der Waals surface area contributed by atoms with Crippen LogP contribution in [0.4, 0.5) is 0 Å². The number of hydrogen-bond donors (Lipinski definition) is 5. The molecule has 0 bridgehead atoms. The van der Waals surface area contributed by atoms with E-state index < -0.39 is 6.29 Å². The highest BCUT2D eigenvalue weighted by molar-refractivity contribution is 4.52. The van der Waals surface area contributed by atoms with Gasteiger partial charge in [0.1, 0.15) is 0 Å². The molecule has 0 fully saturated rings. The molecule has 5 nitrogen and oxygen atoms in total. The van der Waals surface area contributed by atoms with E-state index >= 15 is 0 Å². The molecule has 0 atom stereocenters. The third kappa shape index (κ3) is 9.80. The van der Waals surface area contributed by atoms with Crippen molar-refractivity contribution >= 4 is 0 Å². The Bertz CT molecular complexity index is 80.2. The Balaban J connectivity index is 2.80. The first-order valence-electron chi connectivity index (χ1n) is 3.75. The van der Waals surface area contributed by atoms with Gasteiger partial charge in [-0.15, -0.1) is 0 Å². The number of nitrogens with two attached hydrogens (primary N) is 1. The van der Waals surface area contributed by atoms with Crippen LogP contribution in [0.5, 0.6) is 0 Å². The maximum atomic E-state index is 8.41. The second kappa shape index (κ2) is 7.90. The molecule has 0 spiro atoms. The third-order valence-corrected chi connectivity index (χ3v) is 1.13. The molecular formula is C6H17N3O2.